The molecule has 0 aliphatic rings. The monoisotopic (exact) mass is 296 g/mol. The van der Waals surface area contributed by atoms with Gasteiger partial charge in [-0.1, -0.05) is 18.2 Å². The first-order chi connectivity index (χ1) is 10.5. The fourth-order valence-electron chi connectivity index (χ4n) is 2.71. The number of fused-ring (bicyclic) bond motifs is 1. The van der Waals surface area contributed by atoms with Crippen LogP contribution < -0.4 is 5.32 Å². The van der Waals surface area contributed by atoms with Gasteiger partial charge in [-0.15, -0.1) is 0 Å². The number of anilines is 1. The van der Waals surface area contributed by atoms with Crippen molar-refractivity contribution in [2.75, 3.05) is 5.32 Å². The quantitative estimate of drug-likeness (QED) is 0.804. The maximum Gasteiger partial charge on any atom is 0.228 e. The fourth-order valence-corrected chi connectivity index (χ4v) is 2.71. The van der Waals surface area contributed by atoms with Gasteiger partial charge in [-0.05, 0) is 25.5 Å². The smallest absolute Gasteiger partial charge is 0.228 e. The molecule has 5 heteroatoms. The third-order valence-electron chi connectivity index (χ3n) is 3.72. The van der Waals surface area contributed by atoms with Crippen molar-refractivity contribution >= 4 is 22.5 Å². The van der Waals surface area contributed by atoms with Gasteiger partial charge >= 0.3 is 0 Å². The lowest BCUT2D eigenvalue weighted by molar-refractivity contribution is -0.115. The third-order valence-corrected chi connectivity index (χ3v) is 3.72. The number of rotatable bonds is 4. The van der Waals surface area contributed by atoms with E-state index in [4.69, 9.17) is 0 Å². The third kappa shape index (κ3) is 2.74. The number of carbonyl (C=O) groups excluding carboxylic acids is 1. The molecule has 2 aromatic heterocycles. The van der Waals surface area contributed by atoms with E-state index in [1.54, 1.807) is 17.1 Å². The van der Waals surface area contributed by atoms with Crippen LogP contribution in [0.25, 0.3) is 10.9 Å². The van der Waals surface area contributed by atoms with Crippen molar-refractivity contribution in [1.82, 2.24) is 14.3 Å². The highest BCUT2D eigenvalue weighted by atomic mass is 16.1. The molecule has 0 saturated carbocycles. The molecule has 0 unspecified atom stereocenters. The molecule has 3 aromatic rings. The van der Waals surface area contributed by atoms with Gasteiger partial charge in [0.2, 0.25) is 5.91 Å². The SMILES string of the molecule is CC(C)n1cc(CC(=O)Nc2cnn(C)c2)c2ccccc21. The Morgan fingerprint density at radius 1 is 1.27 bits per heavy atom. The first-order valence-electron chi connectivity index (χ1n) is 7.41. The second-order valence-corrected chi connectivity index (χ2v) is 5.80. The zero-order valence-corrected chi connectivity index (χ0v) is 13.1. The predicted octanol–water partition coefficient (Wildman–Crippen LogP) is 3.14. The number of nitrogens with one attached hydrogen (secondary N) is 1. The van der Waals surface area contributed by atoms with E-state index < -0.39 is 0 Å². The van der Waals surface area contributed by atoms with Crippen LogP contribution in [0.4, 0.5) is 5.69 Å². The van der Waals surface area contributed by atoms with Crippen molar-refractivity contribution in [3.63, 3.8) is 0 Å². The number of para-hydroxylation sites is 1. The van der Waals surface area contributed by atoms with Crippen molar-refractivity contribution in [3.05, 3.63) is 48.4 Å². The molecule has 1 aromatic carbocycles. The number of hydrogen-bond acceptors (Lipinski definition) is 2. The number of carbonyl (C=O) groups is 1. The first kappa shape index (κ1) is 14.4. The summed E-state index contributed by atoms with van der Waals surface area (Å²) in [6.07, 6.45) is 5.87. The number of benzene rings is 1. The Labute approximate surface area is 129 Å². The van der Waals surface area contributed by atoms with Crippen molar-refractivity contribution < 1.29 is 4.79 Å². The van der Waals surface area contributed by atoms with Crippen LogP contribution in [0.1, 0.15) is 25.5 Å². The van der Waals surface area contributed by atoms with Crippen LogP contribution in [0.15, 0.2) is 42.9 Å². The van der Waals surface area contributed by atoms with Crippen LogP contribution in [0.5, 0.6) is 0 Å². The van der Waals surface area contributed by atoms with Crippen LogP contribution in [-0.4, -0.2) is 20.3 Å². The largest absolute Gasteiger partial charge is 0.345 e. The van der Waals surface area contributed by atoms with Crippen molar-refractivity contribution in [2.24, 2.45) is 7.05 Å². The highest BCUT2D eigenvalue weighted by molar-refractivity contribution is 5.95. The van der Waals surface area contributed by atoms with Crippen molar-refractivity contribution in [2.45, 2.75) is 26.3 Å². The highest BCUT2D eigenvalue weighted by Crippen LogP contribution is 2.25. The zero-order chi connectivity index (χ0) is 15.7. The van der Waals surface area contributed by atoms with E-state index in [1.807, 2.05) is 19.2 Å². The summed E-state index contributed by atoms with van der Waals surface area (Å²) in [5.74, 6) is -0.0281. The van der Waals surface area contributed by atoms with Gasteiger partial charge in [-0.25, -0.2) is 0 Å². The molecule has 0 atom stereocenters. The molecule has 0 fully saturated rings. The minimum absolute atomic E-state index is 0.0281. The van der Waals surface area contributed by atoms with E-state index in [-0.39, 0.29) is 5.91 Å². The number of hydrogen-bond donors (Lipinski definition) is 1. The van der Waals surface area contributed by atoms with Gasteiger partial charge in [-0.3, -0.25) is 9.48 Å². The van der Waals surface area contributed by atoms with Crippen molar-refractivity contribution in [3.8, 4) is 0 Å². The molecule has 1 amide bonds. The van der Waals surface area contributed by atoms with Crippen LogP contribution in [-0.2, 0) is 18.3 Å². The molecule has 1 N–H and O–H groups in total. The molecule has 22 heavy (non-hydrogen) atoms. The van der Waals surface area contributed by atoms with Crippen LogP contribution in [0.2, 0.25) is 0 Å². The summed E-state index contributed by atoms with van der Waals surface area (Å²) in [4.78, 5) is 12.3. The van der Waals surface area contributed by atoms with Crippen LogP contribution in [0, 0.1) is 0 Å². The molecule has 0 radical (unpaired) electrons. The maximum atomic E-state index is 12.3. The molecule has 0 spiro atoms. The molecule has 0 bridgehead atoms. The summed E-state index contributed by atoms with van der Waals surface area (Å²) in [5.41, 5.74) is 2.94. The number of aryl methyl sites for hydroxylation is 1. The molecule has 114 valence electrons. The van der Waals surface area contributed by atoms with E-state index in [0.717, 1.165) is 16.6 Å². The Morgan fingerprint density at radius 3 is 2.73 bits per heavy atom. The van der Waals surface area contributed by atoms with Crippen LogP contribution >= 0.6 is 0 Å². The summed E-state index contributed by atoms with van der Waals surface area (Å²) >= 11 is 0. The Hall–Kier alpha value is -2.56. The molecule has 2 heterocycles. The first-order valence-corrected chi connectivity index (χ1v) is 7.41. The van der Waals surface area contributed by atoms with E-state index in [2.05, 4.69) is 47.2 Å². The Bertz CT molecular complexity index is 813. The van der Waals surface area contributed by atoms with Crippen LogP contribution in [0.3, 0.4) is 0 Å². The van der Waals surface area contributed by atoms with E-state index in [1.165, 1.54) is 5.52 Å². The second-order valence-electron chi connectivity index (χ2n) is 5.80. The average Bonchev–Trinajstić information content (AvgIpc) is 3.03. The molecule has 3 rings (SSSR count). The molecule has 0 aliphatic carbocycles. The van der Waals surface area contributed by atoms with E-state index in [0.29, 0.717) is 12.5 Å². The van der Waals surface area contributed by atoms with Gasteiger partial charge in [0.15, 0.2) is 0 Å². The van der Waals surface area contributed by atoms with Gasteiger partial charge < -0.3 is 9.88 Å². The highest BCUT2D eigenvalue weighted by Gasteiger charge is 2.13. The number of aromatic nitrogens is 3. The summed E-state index contributed by atoms with van der Waals surface area (Å²) in [6, 6.07) is 8.56. The lowest BCUT2D eigenvalue weighted by Gasteiger charge is -2.08. The normalized spacial score (nSPS) is 11.3. The maximum absolute atomic E-state index is 12.3. The standard InChI is InChI=1S/C17H20N4O/c1-12(2)21-10-13(15-6-4-5-7-16(15)21)8-17(22)19-14-9-18-20(3)11-14/h4-7,9-12H,8H2,1-3H3,(H,19,22). The summed E-state index contributed by atoms with van der Waals surface area (Å²) in [6.45, 7) is 4.29. The Kier molecular flexibility index (Phi) is 3.71. The average molecular weight is 296 g/mol. The summed E-state index contributed by atoms with van der Waals surface area (Å²) in [5, 5.41) is 8.07. The molecule has 0 aliphatic heterocycles. The molecular formula is C17H20N4O. The molecular weight excluding hydrogens is 276 g/mol. The topological polar surface area (TPSA) is 51.9 Å². The summed E-state index contributed by atoms with van der Waals surface area (Å²) in [7, 11) is 1.83. The number of amides is 1. The van der Waals surface area contributed by atoms with E-state index in [9.17, 15) is 4.79 Å². The summed E-state index contributed by atoms with van der Waals surface area (Å²) < 4.78 is 3.88. The van der Waals surface area contributed by atoms with Gasteiger partial charge in [0.25, 0.3) is 0 Å². The van der Waals surface area contributed by atoms with Gasteiger partial charge in [0.1, 0.15) is 0 Å². The fraction of sp³-hybridized carbons (Fsp3) is 0.294. The zero-order valence-electron chi connectivity index (χ0n) is 13.1. The van der Waals surface area contributed by atoms with Gasteiger partial charge in [-0.2, -0.15) is 5.10 Å². The predicted molar refractivity (Wildman–Crippen MR) is 87.9 cm³/mol. The Morgan fingerprint density at radius 2 is 2.05 bits per heavy atom. The van der Waals surface area contributed by atoms with Gasteiger partial charge in [0.05, 0.1) is 18.3 Å². The molecule has 0 saturated heterocycles. The Balaban J connectivity index is 1.85. The lowest BCUT2D eigenvalue weighted by Crippen LogP contribution is -2.13. The number of nitrogens with zero attached hydrogens (tertiary/aromatic N) is 3. The molecule has 5 nitrogen and oxygen atoms in total. The van der Waals surface area contributed by atoms with Crippen molar-refractivity contribution in [1.29, 1.82) is 0 Å². The lowest BCUT2D eigenvalue weighted by atomic mass is 10.1. The minimum Gasteiger partial charge on any atom is -0.345 e. The van der Waals surface area contributed by atoms with Gasteiger partial charge in [0, 0.05) is 36.4 Å². The second kappa shape index (κ2) is 5.67. The van der Waals surface area contributed by atoms with E-state index >= 15 is 0 Å². The minimum atomic E-state index is -0.0281.